The van der Waals surface area contributed by atoms with Gasteiger partial charge in [-0.3, -0.25) is 9.69 Å². The Labute approximate surface area is 108 Å². The van der Waals surface area contributed by atoms with Gasteiger partial charge in [0.2, 0.25) is 5.91 Å². The third kappa shape index (κ3) is 6.19. The number of nitrogens with one attached hydrogen (secondary N) is 1. The summed E-state index contributed by atoms with van der Waals surface area (Å²) < 4.78 is 48.9. The third-order valence-corrected chi connectivity index (χ3v) is 2.30. The molecule has 0 saturated carbocycles. The molecule has 0 radical (unpaired) electrons. The first kappa shape index (κ1) is 15.4. The SMILES string of the molecule is CN(CC(=O)NCC(F)(F)F)Cc1ccccc1F. The number of halogens is 4. The van der Waals surface area contributed by atoms with Crippen LogP contribution in [0.5, 0.6) is 0 Å². The molecule has 0 aliphatic rings. The second-order valence-corrected chi connectivity index (χ2v) is 4.16. The lowest BCUT2D eigenvalue weighted by atomic mass is 10.2. The molecular formula is C12H14F4N2O. The van der Waals surface area contributed by atoms with Crippen molar-refractivity contribution in [2.24, 2.45) is 0 Å². The third-order valence-electron chi connectivity index (χ3n) is 2.30. The quantitative estimate of drug-likeness (QED) is 0.835. The molecule has 1 amide bonds. The van der Waals surface area contributed by atoms with Gasteiger partial charge in [-0.25, -0.2) is 4.39 Å². The number of amides is 1. The summed E-state index contributed by atoms with van der Waals surface area (Å²) in [6.07, 6.45) is -4.43. The standard InChI is InChI=1S/C12H14F4N2O/c1-18(6-9-4-2-3-5-10(9)13)7-11(19)17-8-12(14,15)16/h2-5H,6-8H2,1H3,(H,17,19). The first-order valence-electron chi connectivity index (χ1n) is 5.53. The molecule has 0 heterocycles. The van der Waals surface area contributed by atoms with E-state index < -0.39 is 24.4 Å². The van der Waals surface area contributed by atoms with Gasteiger partial charge in [0.25, 0.3) is 0 Å². The Morgan fingerprint density at radius 2 is 1.95 bits per heavy atom. The number of nitrogens with zero attached hydrogens (tertiary/aromatic N) is 1. The van der Waals surface area contributed by atoms with Gasteiger partial charge in [-0.1, -0.05) is 18.2 Å². The number of carbonyl (C=O) groups is 1. The number of rotatable bonds is 5. The molecular weight excluding hydrogens is 264 g/mol. The normalized spacial score (nSPS) is 11.7. The fourth-order valence-electron chi connectivity index (χ4n) is 1.47. The summed E-state index contributed by atoms with van der Waals surface area (Å²) >= 11 is 0. The monoisotopic (exact) mass is 278 g/mol. The van der Waals surface area contributed by atoms with E-state index in [1.54, 1.807) is 17.4 Å². The summed E-state index contributed by atoms with van der Waals surface area (Å²) in [5.41, 5.74) is 0.383. The van der Waals surface area contributed by atoms with Gasteiger partial charge >= 0.3 is 6.18 Å². The molecule has 3 nitrogen and oxygen atoms in total. The van der Waals surface area contributed by atoms with Gasteiger partial charge in [-0.05, 0) is 13.1 Å². The highest BCUT2D eigenvalue weighted by Crippen LogP contribution is 2.12. The summed E-state index contributed by atoms with van der Waals surface area (Å²) in [7, 11) is 1.53. The lowest BCUT2D eigenvalue weighted by Gasteiger charge is -2.17. The Hall–Kier alpha value is -1.63. The molecule has 0 aromatic heterocycles. The molecule has 106 valence electrons. The topological polar surface area (TPSA) is 32.3 Å². The van der Waals surface area contributed by atoms with Crippen LogP contribution in [0.25, 0.3) is 0 Å². The van der Waals surface area contributed by atoms with Crippen LogP contribution in [0, 0.1) is 5.82 Å². The summed E-state index contributed by atoms with van der Waals surface area (Å²) in [5, 5.41) is 1.75. The predicted molar refractivity (Wildman–Crippen MR) is 61.8 cm³/mol. The number of hydrogen-bond acceptors (Lipinski definition) is 2. The maximum absolute atomic E-state index is 13.3. The van der Waals surface area contributed by atoms with E-state index in [0.717, 1.165) is 0 Å². The minimum absolute atomic E-state index is 0.145. The number of likely N-dealkylation sites (N-methyl/N-ethyl adjacent to an activating group) is 1. The molecule has 1 N–H and O–H groups in total. The van der Waals surface area contributed by atoms with Crippen LogP contribution in [-0.4, -0.2) is 37.1 Å². The minimum atomic E-state index is -4.43. The molecule has 0 unspecified atom stereocenters. The van der Waals surface area contributed by atoms with E-state index in [1.165, 1.54) is 24.1 Å². The molecule has 0 aliphatic carbocycles. The zero-order valence-electron chi connectivity index (χ0n) is 10.3. The van der Waals surface area contributed by atoms with Crippen LogP contribution in [-0.2, 0) is 11.3 Å². The lowest BCUT2D eigenvalue weighted by Crippen LogP contribution is -2.39. The van der Waals surface area contributed by atoms with Crippen molar-refractivity contribution in [2.75, 3.05) is 20.1 Å². The smallest absolute Gasteiger partial charge is 0.346 e. The van der Waals surface area contributed by atoms with Gasteiger partial charge in [0.15, 0.2) is 0 Å². The summed E-state index contributed by atoms with van der Waals surface area (Å²) in [5.74, 6) is -1.17. The van der Waals surface area contributed by atoms with Gasteiger partial charge in [0, 0.05) is 12.1 Å². The number of hydrogen-bond donors (Lipinski definition) is 1. The van der Waals surface area contributed by atoms with Gasteiger partial charge < -0.3 is 5.32 Å². The highest BCUT2D eigenvalue weighted by Gasteiger charge is 2.27. The predicted octanol–water partition coefficient (Wildman–Crippen LogP) is 1.94. The van der Waals surface area contributed by atoms with Crippen LogP contribution in [0.4, 0.5) is 17.6 Å². The Morgan fingerprint density at radius 3 is 2.53 bits per heavy atom. The summed E-state index contributed by atoms with van der Waals surface area (Å²) in [6.45, 7) is -1.45. The Balaban J connectivity index is 2.41. The van der Waals surface area contributed by atoms with Crippen molar-refractivity contribution >= 4 is 5.91 Å². The highest BCUT2D eigenvalue weighted by molar-refractivity contribution is 5.78. The Morgan fingerprint density at radius 1 is 1.32 bits per heavy atom. The summed E-state index contributed by atoms with van der Waals surface area (Å²) in [6, 6.07) is 6.02. The van der Waals surface area contributed by atoms with Gasteiger partial charge in [0.05, 0.1) is 6.54 Å². The number of alkyl halides is 3. The molecule has 0 saturated heterocycles. The maximum atomic E-state index is 13.3. The van der Waals surface area contributed by atoms with E-state index in [2.05, 4.69) is 0 Å². The van der Waals surface area contributed by atoms with Crippen LogP contribution in [0.1, 0.15) is 5.56 Å². The maximum Gasteiger partial charge on any atom is 0.405 e. The zero-order valence-corrected chi connectivity index (χ0v) is 10.3. The first-order valence-corrected chi connectivity index (χ1v) is 5.53. The van der Waals surface area contributed by atoms with Crippen molar-refractivity contribution in [3.8, 4) is 0 Å². The second-order valence-electron chi connectivity index (χ2n) is 4.16. The van der Waals surface area contributed by atoms with Crippen LogP contribution < -0.4 is 5.32 Å². The van der Waals surface area contributed by atoms with E-state index in [4.69, 9.17) is 0 Å². The fourth-order valence-corrected chi connectivity index (χ4v) is 1.47. The zero-order chi connectivity index (χ0) is 14.5. The fraction of sp³-hybridized carbons (Fsp3) is 0.417. The average molecular weight is 278 g/mol. The van der Waals surface area contributed by atoms with E-state index in [1.807, 2.05) is 0 Å². The van der Waals surface area contributed by atoms with Crippen LogP contribution >= 0.6 is 0 Å². The van der Waals surface area contributed by atoms with E-state index in [9.17, 15) is 22.4 Å². The lowest BCUT2D eigenvalue weighted by molar-refractivity contribution is -0.138. The number of benzene rings is 1. The Kier molecular flexibility index (Phi) is 5.29. The molecule has 0 spiro atoms. The van der Waals surface area contributed by atoms with Gasteiger partial charge in [-0.15, -0.1) is 0 Å². The summed E-state index contributed by atoms with van der Waals surface area (Å²) in [4.78, 5) is 12.7. The van der Waals surface area contributed by atoms with Gasteiger partial charge in [0.1, 0.15) is 12.4 Å². The average Bonchev–Trinajstić information content (AvgIpc) is 2.29. The number of carbonyl (C=O) groups excluding carboxylic acids is 1. The highest BCUT2D eigenvalue weighted by atomic mass is 19.4. The second kappa shape index (κ2) is 6.51. The molecule has 1 rings (SSSR count). The van der Waals surface area contributed by atoms with Gasteiger partial charge in [-0.2, -0.15) is 13.2 Å². The largest absolute Gasteiger partial charge is 0.405 e. The van der Waals surface area contributed by atoms with Crippen LogP contribution in [0.15, 0.2) is 24.3 Å². The van der Waals surface area contributed by atoms with Crippen LogP contribution in [0.2, 0.25) is 0 Å². The van der Waals surface area contributed by atoms with E-state index in [-0.39, 0.29) is 13.1 Å². The molecule has 0 aliphatic heterocycles. The van der Waals surface area contributed by atoms with Crippen LogP contribution in [0.3, 0.4) is 0 Å². The molecule has 0 bridgehead atoms. The van der Waals surface area contributed by atoms with Crippen molar-refractivity contribution in [3.63, 3.8) is 0 Å². The van der Waals surface area contributed by atoms with Crippen molar-refractivity contribution in [1.29, 1.82) is 0 Å². The van der Waals surface area contributed by atoms with E-state index >= 15 is 0 Å². The molecule has 19 heavy (non-hydrogen) atoms. The Bertz CT molecular complexity index is 434. The molecule has 0 atom stereocenters. The molecule has 0 fully saturated rings. The van der Waals surface area contributed by atoms with E-state index in [0.29, 0.717) is 5.56 Å². The molecule has 7 heteroatoms. The van der Waals surface area contributed by atoms with Crippen molar-refractivity contribution in [2.45, 2.75) is 12.7 Å². The molecule has 1 aromatic rings. The van der Waals surface area contributed by atoms with Crippen molar-refractivity contribution in [3.05, 3.63) is 35.6 Å². The van der Waals surface area contributed by atoms with Crippen molar-refractivity contribution < 1.29 is 22.4 Å². The van der Waals surface area contributed by atoms with Crippen molar-refractivity contribution in [1.82, 2.24) is 10.2 Å². The molecule has 1 aromatic carbocycles. The minimum Gasteiger partial charge on any atom is -0.346 e. The first-order chi connectivity index (χ1) is 8.78.